The van der Waals surface area contributed by atoms with Crippen LogP contribution in [0.25, 0.3) is 10.9 Å². The van der Waals surface area contributed by atoms with Gasteiger partial charge in [-0.3, -0.25) is 0 Å². The number of hydrogen-bond donors (Lipinski definition) is 0. The van der Waals surface area contributed by atoms with Crippen LogP contribution in [0.5, 0.6) is 11.5 Å². The van der Waals surface area contributed by atoms with E-state index in [4.69, 9.17) is 30.2 Å². The van der Waals surface area contributed by atoms with Crippen molar-refractivity contribution in [3.8, 4) is 11.5 Å². The molecule has 0 fully saturated rings. The molecule has 0 spiro atoms. The molecule has 0 aliphatic carbocycles. The predicted octanol–water partition coefficient (Wildman–Crippen LogP) is 10.5. The standard InChI is InChI=1S/C50H50ClNO5Si/c1-50(2,3)58(40-22-14-8-15-23-40,41-24-16-9-17-25-41)57-33-31-46-42(30-32-56-39-27-28-43(49(53)55-5)47(35-39)54-4)44-34-38(51)26-29-45(44)52(46)48(36-18-10-6-11-19-36)37-20-12-7-13-21-37/h6-29,34-35,48H,30-33H2,1-5H3. The molecule has 7 aromatic rings. The lowest BCUT2D eigenvalue weighted by atomic mass is 9.97. The molecule has 0 bridgehead atoms. The minimum Gasteiger partial charge on any atom is -0.496 e. The molecule has 7 rings (SSSR count). The molecule has 0 unspecified atom stereocenters. The lowest BCUT2D eigenvalue weighted by Gasteiger charge is -2.43. The van der Waals surface area contributed by atoms with Crippen molar-refractivity contribution in [2.24, 2.45) is 0 Å². The van der Waals surface area contributed by atoms with Gasteiger partial charge in [0.15, 0.2) is 0 Å². The number of benzene rings is 6. The van der Waals surface area contributed by atoms with E-state index in [0.717, 1.165) is 22.2 Å². The third kappa shape index (κ3) is 8.21. The summed E-state index contributed by atoms with van der Waals surface area (Å²) in [5, 5.41) is 4.06. The molecular weight excluding hydrogens is 758 g/mol. The van der Waals surface area contributed by atoms with Crippen molar-refractivity contribution >= 4 is 47.2 Å². The second-order valence-corrected chi connectivity index (χ2v) is 20.1. The van der Waals surface area contributed by atoms with Gasteiger partial charge in [-0.25, -0.2) is 4.79 Å². The van der Waals surface area contributed by atoms with Crippen molar-refractivity contribution in [2.45, 2.75) is 44.7 Å². The van der Waals surface area contributed by atoms with Gasteiger partial charge in [-0.15, -0.1) is 0 Å². The molecule has 296 valence electrons. The number of hydrogen-bond acceptors (Lipinski definition) is 5. The van der Waals surface area contributed by atoms with E-state index in [1.165, 1.54) is 35.7 Å². The first-order valence-corrected chi connectivity index (χ1v) is 22.0. The Labute approximate surface area is 348 Å². The molecule has 58 heavy (non-hydrogen) atoms. The van der Waals surface area contributed by atoms with Crippen molar-refractivity contribution in [3.63, 3.8) is 0 Å². The molecule has 8 heteroatoms. The quantitative estimate of drug-likeness (QED) is 0.0763. The Hall–Kier alpha value is -5.60. The zero-order chi connectivity index (χ0) is 40.7. The molecule has 0 atom stereocenters. The average molecular weight is 808 g/mol. The molecule has 1 aromatic heterocycles. The molecule has 1 heterocycles. The molecule has 0 N–H and O–H groups in total. The normalized spacial score (nSPS) is 11.8. The van der Waals surface area contributed by atoms with Crippen LogP contribution >= 0.6 is 11.6 Å². The maximum absolute atomic E-state index is 12.4. The summed E-state index contributed by atoms with van der Waals surface area (Å²) in [4.78, 5) is 12.4. The zero-order valence-electron chi connectivity index (χ0n) is 33.8. The fraction of sp³-hybridized carbons (Fsp3) is 0.220. The summed E-state index contributed by atoms with van der Waals surface area (Å²) in [5.41, 5.74) is 6.09. The van der Waals surface area contributed by atoms with Gasteiger partial charge in [0, 0.05) is 47.1 Å². The van der Waals surface area contributed by atoms with E-state index in [1.54, 1.807) is 18.2 Å². The number of nitrogens with zero attached hydrogens (tertiary/aromatic N) is 1. The SMILES string of the molecule is COC(=O)c1ccc(OCCc2c(CCO[Si](c3ccccc3)(c3ccccc3)C(C)(C)C)n(C(c3ccccc3)c3ccccc3)c3ccc(Cl)cc23)cc1OC. The highest BCUT2D eigenvalue weighted by atomic mass is 35.5. The number of esters is 1. The highest BCUT2D eigenvalue weighted by Crippen LogP contribution is 2.40. The topological polar surface area (TPSA) is 58.9 Å². The summed E-state index contributed by atoms with van der Waals surface area (Å²) in [6.45, 7) is 7.81. The van der Waals surface area contributed by atoms with Crippen LogP contribution in [0, 0.1) is 0 Å². The van der Waals surface area contributed by atoms with Gasteiger partial charge in [0.2, 0.25) is 0 Å². The molecule has 0 amide bonds. The van der Waals surface area contributed by atoms with E-state index in [2.05, 4.69) is 159 Å². The van der Waals surface area contributed by atoms with Gasteiger partial charge in [0.05, 0.1) is 26.9 Å². The summed E-state index contributed by atoms with van der Waals surface area (Å²) >= 11 is 6.82. The van der Waals surface area contributed by atoms with Crippen molar-refractivity contribution in [3.05, 3.63) is 191 Å². The van der Waals surface area contributed by atoms with Gasteiger partial charge in [0.25, 0.3) is 8.32 Å². The largest absolute Gasteiger partial charge is 0.496 e. The molecule has 0 radical (unpaired) electrons. The fourth-order valence-corrected chi connectivity index (χ4v) is 13.1. The smallest absolute Gasteiger partial charge is 0.341 e. The first kappa shape index (κ1) is 40.6. The molecule has 0 saturated carbocycles. The van der Waals surface area contributed by atoms with Gasteiger partial charge in [-0.05, 0) is 62.4 Å². The van der Waals surface area contributed by atoms with E-state index < -0.39 is 14.3 Å². The molecule has 6 aromatic carbocycles. The highest BCUT2D eigenvalue weighted by molar-refractivity contribution is 6.99. The summed E-state index contributed by atoms with van der Waals surface area (Å²) in [6.07, 6.45) is 1.24. The minimum absolute atomic E-state index is 0.126. The predicted molar refractivity (Wildman–Crippen MR) is 238 cm³/mol. The van der Waals surface area contributed by atoms with Crippen LogP contribution in [0.4, 0.5) is 0 Å². The van der Waals surface area contributed by atoms with Crippen molar-refractivity contribution in [1.29, 1.82) is 0 Å². The number of fused-ring (bicyclic) bond motifs is 1. The van der Waals surface area contributed by atoms with Gasteiger partial charge >= 0.3 is 5.97 Å². The Morgan fingerprint density at radius 2 is 1.26 bits per heavy atom. The van der Waals surface area contributed by atoms with Gasteiger partial charge in [-0.2, -0.15) is 0 Å². The zero-order valence-corrected chi connectivity index (χ0v) is 35.5. The van der Waals surface area contributed by atoms with Gasteiger partial charge in [-0.1, -0.05) is 154 Å². The van der Waals surface area contributed by atoms with Gasteiger partial charge in [0.1, 0.15) is 17.1 Å². The first-order chi connectivity index (χ1) is 28.2. The second kappa shape index (κ2) is 17.9. The molecule has 0 aliphatic heterocycles. The highest BCUT2D eigenvalue weighted by Gasteiger charge is 2.50. The van der Waals surface area contributed by atoms with Crippen molar-refractivity contribution < 1.29 is 23.4 Å². The maximum atomic E-state index is 12.4. The van der Waals surface area contributed by atoms with Crippen LogP contribution in [0.1, 0.15) is 59.6 Å². The number of methoxy groups -OCH3 is 2. The molecule has 6 nitrogen and oxygen atoms in total. The van der Waals surface area contributed by atoms with Crippen LogP contribution < -0.4 is 19.8 Å². The average Bonchev–Trinajstić information content (AvgIpc) is 3.54. The Morgan fingerprint density at radius 1 is 0.690 bits per heavy atom. The summed E-state index contributed by atoms with van der Waals surface area (Å²) in [5.74, 6) is 0.515. The number of rotatable bonds is 15. The second-order valence-electron chi connectivity index (χ2n) is 15.4. The van der Waals surface area contributed by atoms with Crippen LogP contribution in [0.2, 0.25) is 10.1 Å². The van der Waals surface area contributed by atoms with E-state index in [1.807, 2.05) is 6.07 Å². The van der Waals surface area contributed by atoms with Crippen LogP contribution in [-0.4, -0.2) is 46.3 Å². The van der Waals surface area contributed by atoms with E-state index in [9.17, 15) is 4.79 Å². The molecular formula is C50H50ClNO5Si. The monoisotopic (exact) mass is 807 g/mol. The van der Waals surface area contributed by atoms with Crippen LogP contribution in [-0.2, 0) is 22.0 Å². The number of halogens is 1. The lowest BCUT2D eigenvalue weighted by Crippen LogP contribution is -2.66. The van der Waals surface area contributed by atoms with Crippen LogP contribution in [0.15, 0.2) is 158 Å². The first-order valence-electron chi connectivity index (χ1n) is 19.7. The minimum atomic E-state index is -2.84. The Bertz CT molecular complexity index is 2370. The van der Waals surface area contributed by atoms with E-state index in [-0.39, 0.29) is 11.1 Å². The maximum Gasteiger partial charge on any atom is 0.341 e. The summed E-state index contributed by atoms with van der Waals surface area (Å²) in [7, 11) is 0.0474. The number of aromatic nitrogens is 1. The van der Waals surface area contributed by atoms with E-state index >= 15 is 0 Å². The summed E-state index contributed by atoms with van der Waals surface area (Å²) < 4.78 is 26.9. The Kier molecular flexibility index (Phi) is 12.5. The summed E-state index contributed by atoms with van der Waals surface area (Å²) in [6, 6.07) is 54.2. The number of ether oxygens (including phenoxy) is 3. The number of carbonyl (C=O) groups excluding carboxylic acids is 1. The Balaban J connectivity index is 1.35. The van der Waals surface area contributed by atoms with Crippen molar-refractivity contribution in [2.75, 3.05) is 27.4 Å². The Morgan fingerprint density at radius 3 is 1.79 bits per heavy atom. The fourth-order valence-electron chi connectivity index (χ4n) is 8.39. The number of carbonyl (C=O) groups is 1. The van der Waals surface area contributed by atoms with E-state index in [0.29, 0.717) is 48.1 Å². The third-order valence-electron chi connectivity index (χ3n) is 10.9. The van der Waals surface area contributed by atoms with Gasteiger partial charge < -0.3 is 23.2 Å². The molecule has 0 saturated heterocycles. The van der Waals surface area contributed by atoms with Crippen molar-refractivity contribution in [1.82, 2.24) is 4.57 Å². The van der Waals surface area contributed by atoms with Crippen LogP contribution in [0.3, 0.4) is 0 Å². The lowest BCUT2D eigenvalue weighted by molar-refractivity contribution is 0.0597. The molecule has 0 aliphatic rings. The third-order valence-corrected chi connectivity index (χ3v) is 16.2.